The van der Waals surface area contributed by atoms with Crippen LogP contribution < -0.4 is 0 Å². The third-order valence-electron chi connectivity index (χ3n) is 3.15. The molecule has 0 bridgehead atoms. The normalized spacial score (nSPS) is 9.90. The molecule has 0 saturated heterocycles. The Morgan fingerprint density at radius 2 is 1.25 bits per heavy atom. The van der Waals surface area contributed by atoms with E-state index < -0.39 is 17.5 Å². The van der Waals surface area contributed by atoms with Crippen LogP contribution in [-0.2, 0) is 9.59 Å². The van der Waals surface area contributed by atoms with E-state index in [4.69, 9.17) is 10.2 Å². The molecule has 0 rings (SSSR count). The van der Waals surface area contributed by atoms with E-state index in [-0.39, 0.29) is 0 Å². The van der Waals surface area contributed by atoms with Gasteiger partial charge in [-0.05, 0) is 31.8 Å². The smallest absolute Gasteiger partial charge is 0.343 e. The van der Waals surface area contributed by atoms with Crippen LogP contribution in [0.25, 0.3) is 0 Å². The van der Waals surface area contributed by atoms with Crippen molar-refractivity contribution in [3.8, 4) is 0 Å². The summed E-state index contributed by atoms with van der Waals surface area (Å²) in [6.45, 7) is 4.26. The van der Waals surface area contributed by atoms with Crippen LogP contribution in [-0.4, -0.2) is 22.2 Å². The monoisotopic (exact) mass is 282 g/mol. The zero-order valence-corrected chi connectivity index (χ0v) is 12.5. The molecule has 114 valence electrons. The highest BCUT2D eigenvalue weighted by atomic mass is 16.4. The van der Waals surface area contributed by atoms with Crippen molar-refractivity contribution < 1.29 is 19.8 Å². The van der Waals surface area contributed by atoms with Crippen LogP contribution in [0.5, 0.6) is 0 Å². The number of rotatable bonds is 11. The fraction of sp³-hybridized carbons (Fsp3) is 0.625. The van der Waals surface area contributed by atoms with Gasteiger partial charge in [0.25, 0.3) is 0 Å². The molecule has 0 aromatic carbocycles. The molecule has 0 aromatic heterocycles. The third kappa shape index (κ3) is 8.51. The lowest BCUT2D eigenvalue weighted by Crippen LogP contribution is -2.10. The van der Waals surface area contributed by atoms with Gasteiger partial charge in [0.1, 0.15) is 5.57 Å². The van der Waals surface area contributed by atoms with Gasteiger partial charge in [-0.15, -0.1) is 0 Å². The molecule has 0 aliphatic carbocycles. The Morgan fingerprint density at radius 3 is 1.60 bits per heavy atom. The molecule has 0 fully saturated rings. The number of unbranched alkanes of at least 4 members (excludes halogenated alkanes) is 4. The first-order valence-corrected chi connectivity index (χ1v) is 7.39. The van der Waals surface area contributed by atoms with Crippen LogP contribution in [0, 0.1) is 0 Å². The topological polar surface area (TPSA) is 74.6 Å². The van der Waals surface area contributed by atoms with Crippen molar-refractivity contribution in [2.45, 2.75) is 65.2 Å². The summed E-state index contributed by atoms with van der Waals surface area (Å²) in [5.41, 5.74) is 0.570. The zero-order valence-electron chi connectivity index (χ0n) is 12.5. The summed E-state index contributed by atoms with van der Waals surface area (Å²) >= 11 is 0. The van der Waals surface area contributed by atoms with Crippen LogP contribution in [0.3, 0.4) is 0 Å². The van der Waals surface area contributed by atoms with Gasteiger partial charge in [-0.1, -0.05) is 51.2 Å². The summed E-state index contributed by atoms with van der Waals surface area (Å²) in [7, 11) is 0. The predicted molar refractivity (Wildman–Crippen MR) is 79.7 cm³/mol. The minimum absolute atomic E-state index is 0.575. The maximum absolute atomic E-state index is 10.8. The maximum Gasteiger partial charge on any atom is 0.343 e. The van der Waals surface area contributed by atoms with Gasteiger partial charge in [0.15, 0.2) is 0 Å². The summed E-state index contributed by atoms with van der Waals surface area (Å²) in [6, 6.07) is 0. The van der Waals surface area contributed by atoms with Gasteiger partial charge in [0.2, 0.25) is 0 Å². The van der Waals surface area contributed by atoms with Crippen molar-refractivity contribution >= 4 is 11.9 Å². The molecule has 0 amide bonds. The fourth-order valence-electron chi connectivity index (χ4n) is 1.93. The van der Waals surface area contributed by atoms with Gasteiger partial charge in [0, 0.05) is 0 Å². The number of hydrogen-bond acceptors (Lipinski definition) is 2. The molecular weight excluding hydrogens is 256 g/mol. The van der Waals surface area contributed by atoms with Crippen molar-refractivity contribution in [2.24, 2.45) is 0 Å². The average Bonchev–Trinajstić information content (AvgIpc) is 2.38. The number of aliphatic carboxylic acids is 2. The largest absolute Gasteiger partial charge is 0.477 e. The van der Waals surface area contributed by atoms with Crippen molar-refractivity contribution in [1.82, 2.24) is 0 Å². The molecule has 0 saturated carbocycles. The second-order valence-electron chi connectivity index (χ2n) is 4.93. The van der Waals surface area contributed by atoms with Crippen molar-refractivity contribution in [2.75, 3.05) is 0 Å². The number of carbonyl (C=O) groups is 2. The molecule has 0 unspecified atom stereocenters. The van der Waals surface area contributed by atoms with Crippen LogP contribution in [0.2, 0.25) is 0 Å². The standard InChI is InChI=1S/C16H26O4/c1-3-5-7-9-13(10-8-6-4-2)11-12-14(15(17)18)16(19)20/h11-12H,3-10H2,1-2H3,(H,17,18)(H,19,20). The first-order chi connectivity index (χ1) is 9.52. The number of carboxylic acids is 2. The van der Waals surface area contributed by atoms with Gasteiger partial charge in [-0.25, -0.2) is 9.59 Å². The number of carboxylic acid groups (broad SMARTS) is 2. The van der Waals surface area contributed by atoms with Gasteiger partial charge >= 0.3 is 11.9 Å². The maximum atomic E-state index is 10.8. The molecule has 4 nitrogen and oxygen atoms in total. The summed E-state index contributed by atoms with van der Waals surface area (Å²) in [4.78, 5) is 21.6. The minimum Gasteiger partial charge on any atom is -0.477 e. The van der Waals surface area contributed by atoms with Gasteiger partial charge in [-0.3, -0.25) is 0 Å². The van der Waals surface area contributed by atoms with E-state index in [1.54, 1.807) is 6.08 Å². The molecule has 4 heteroatoms. The molecule has 0 aliphatic heterocycles. The SMILES string of the molecule is CCCCCC(=CC=C(C(=O)O)C(=O)O)CCCCC. The van der Waals surface area contributed by atoms with E-state index in [2.05, 4.69) is 13.8 Å². The summed E-state index contributed by atoms with van der Waals surface area (Å²) in [6.07, 6.45) is 11.4. The second kappa shape index (κ2) is 11.3. The van der Waals surface area contributed by atoms with Gasteiger partial charge < -0.3 is 10.2 Å². The summed E-state index contributed by atoms with van der Waals surface area (Å²) < 4.78 is 0. The highest BCUT2D eigenvalue weighted by molar-refractivity contribution is 6.12. The Kier molecular flexibility index (Phi) is 10.4. The Balaban J connectivity index is 4.78. The summed E-state index contributed by atoms with van der Waals surface area (Å²) in [5, 5.41) is 17.6. The molecule has 0 aliphatic rings. The lowest BCUT2D eigenvalue weighted by atomic mass is 10.0. The van der Waals surface area contributed by atoms with E-state index in [1.807, 2.05) is 0 Å². The Bertz CT molecular complexity index is 339. The highest BCUT2D eigenvalue weighted by Crippen LogP contribution is 2.17. The van der Waals surface area contributed by atoms with Crippen LogP contribution >= 0.6 is 0 Å². The Morgan fingerprint density at radius 1 is 0.800 bits per heavy atom. The molecular formula is C16H26O4. The summed E-state index contributed by atoms with van der Waals surface area (Å²) in [5.74, 6) is -2.79. The van der Waals surface area contributed by atoms with E-state index in [9.17, 15) is 9.59 Å². The van der Waals surface area contributed by atoms with Crippen LogP contribution in [0.15, 0.2) is 23.3 Å². The molecule has 20 heavy (non-hydrogen) atoms. The Labute approximate surface area is 121 Å². The Hall–Kier alpha value is -1.58. The van der Waals surface area contributed by atoms with Crippen LogP contribution in [0.1, 0.15) is 65.2 Å². The predicted octanol–water partition coefficient (Wildman–Crippen LogP) is 4.17. The minimum atomic E-state index is -1.39. The molecule has 0 heterocycles. The quantitative estimate of drug-likeness (QED) is 0.196. The van der Waals surface area contributed by atoms with E-state index >= 15 is 0 Å². The van der Waals surface area contributed by atoms with E-state index in [0.717, 1.165) is 56.9 Å². The number of allylic oxidation sites excluding steroid dienone is 3. The molecule has 0 atom stereocenters. The van der Waals surface area contributed by atoms with Gasteiger partial charge in [0.05, 0.1) is 0 Å². The van der Waals surface area contributed by atoms with Crippen molar-refractivity contribution in [3.63, 3.8) is 0 Å². The fourth-order valence-corrected chi connectivity index (χ4v) is 1.93. The zero-order chi connectivity index (χ0) is 15.4. The lowest BCUT2D eigenvalue weighted by Gasteiger charge is -2.06. The van der Waals surface area contributed by atoms with Crippen LogP contribution in [0.4, 0.5) is 0 Å². The first kappa shape index (κ1) is 18.4. The molecule has 0 radical (unpaired) electrons. The average molecular weight is 282 g/mol. The second-order valence-corrected chi connectivity index (χ2v) is 4.93. The lowest BCUT2D eigenvalue weighted by molar-refractivity contribution is -0.140. The molecule has 0 spiro atoms. The highest BCUT2D eigenvalue weighted by Gasteiger charge is 2.14. The van der Waals surface area contributed by atoms with E-state index in [1.165, 1.54) is 6.08 Å². The first-order valence-electron chi connectivity index (χ1n) is 7.39. The molecule has 0 aromatic rings. The van der Waals surface area contributed by atoms with Crippen molar-refractivity contribution in [1.29, 1.82) is 0 Å². The van der Waals surface area contributed by atoms with E-state index in [0.29, 0.717) is 0 Å². The van der Waals surface area contributed by atoms with Gasteiger partial charge in [-0.2, -0.15) is 0 Å². The molecule has 2 N–H and O–H groups in total. The number of hydrogen-bond donors (Lipinski definition) is 2. The van der Waals surface area contributed by atoms with Crippen molar-refractivity contribution in [3.05, 3.63) is 23.3 Å². The third-order valence-corrected chi connectivity index (χ3v) is 3.15.